The van der Waals surface area contributed by atoms with E-state index in [2.05, 4.69) is 11.1 Å². The molecule has 7 heteroatoms. The number of thiophene rings is 1. The molecule has 32 heavy (non-hydrogen) atoms. The Hall–Kier alpha value is -3.63. The normalized spacial score (nSPS) is 10.8. The maximum absolute atomic E-state index is 12.4. The summed E-state index contributed by atoms with van der Waals surface area (Å²) in [6, 6.07) is 18.4. The number of benzene rings is 2. The van der Waals surface area contributed by atoms with Gasteiger partial charge in [-0.15, -0.1) is 11.3 Å². The second-order valence-corrected chi connectivity index (χ2v) is 8.58. The predicted octanol–water partition coefficient (Wildman–Crippen LogP) is 5.57. The zero-order valence-corrected chi connectivity index (χ0v) is 19.0. The summed E-state index contributed by atoms with van der Waals surface area (Å²) >= 11 is 1.38. The van der Waals surface area contributed by atoms with E-state index in [4.69, 9.17) is 9.47 Å². The number of aryl methyl sites for hydroxylation is 1. The van der Waals surface area contributed by atoms with Gasteiger partial charge in [0.15, 0.2) is 0 Å². The van der Waals surface area contributed by atoms with E-state index in [1.54, 1.807) is 0 Å². The van der Waals surface area contributed by atoms with Crippen LogP contribution in [0.15, 0.2) is 48.5 Å². The SMILES string of the molecule is CCCOc1nc2c(C)sc(C(=O)OC)c2n1Cc1ccc(-c2ccccc2C#N)cc1. The molecule has 0 N–H and O–H groups in total. The molecular weight excluding hydrogens is 422 g/mol. The molecule has 0 saturated heterocycles. The second kappa shape index (κ2) is 9.25. The van der Waals surface area contributed by atoms with Gasteiger partial charge >= 0.3 is 5.97 Å². The molecule has 2 heterocycles. The Bertz CT molecular complexity index is 1310. The first kappa shape index (κ1) is 21.6. The standard InChI is InChI=1S/C25H23N3O3S/c1-4-13-31-25-27-21-16(2)32-23(24(29)30-3)22(21)28(25)15-17-9-11-18(12-10-17)20-8-6-5-7-19(20)14-26/h5-12H,4,13,15H2,1-3H3. The molecule has 0 bridgehead atoms. The number of carbonyl (C=O) groups excluding carboxylic acids is 1. The van der Waals surface area contributed by atoms with Crippen LogP contribution >= 0.6 is 11.3 Å². The largest absolute Gasteiger partial charge is 0.465 e. The highest BCUT2D eigenvalue weighted by Crippen LogP contribution is 2.35. The van der Waals surface area contributed by atoms with Crippen molar-refractivity contribution < 1.29 is 14.3 Å². The molecule has 0 spiro atoms. The van der Waals surface area contributed by atoms with Crippen LogP contribution < -0.4 is 4.74 Å². The zero-order valence-electron chi connectivity index (χ0n) is 18.2. The summed E-state index contributed by atoms with van der Waals surface area (Å²) in [4.78, 5) is 18.6. The summed E-state index contributed by atoms with van der Waals surface area (Å²) < 4.78 is 12.9. The summed E-state index contributed by atoms with van der Waals surface area (Å²) in [5, 5.41) is 9.39. The second-order valence-electron chi connectivity index (χ2n) is 7.36. The average Bonchev–Trinajstić information content (AvgIpc) is 3.34. The van der Waals surface area contributed by atoms with E-state index in [0.29, 0.717) is 29.6 Å². The molecule has 0 aliphatic rings. The van der Waals surface area contributed by atoms with Gasteiger partial charge in [-0.3, -0.25) is 4.57 Å². The number of aromatic nitrogens is 2. The van der Waals surface area contributed by atoms with Crippen molar-refractivity contribution in [3.8, 4) is 23.2 Å². The Balaban J connectivity index is 1.74. The van der Waals surface area contributed by atoms with E-state index in [9.17, 15) is 10.1 Å². The number of hydrogen-bond donors (Lipinski definition) is 0. The highest BCUT2D eigenvalue weighted by molar-refractivity contribution is 7.15. The molecule has 0 atom stereocenters. The van der Waals surface area contributed by atoms with E-state index in [1.165, 1.54) is 18.4 Å². The zero-order chi connectivity index (χ0) is 22.7. The first-order valence-electron chi connectivity index (χ1n) is 10.4. The summed E-state index contributed by atoms with van der Waals surface area (Å²) in [5.41, 5.74) is 5.06. The minimum Gasteiger partial charge on any atom is -0.465 e. The van der Waals surface area contributed by atoms with Crippen molar-refractivity contribution in [3.05, 3.63) is 69.4 Å². The average molecular weight is 446 g/mol. The molecule has 0 radical (unpaired) electrons. The molecular formula is C25H23N3O3S. The molecule has 2 aromatic heterocycles. The smallest absolute Gasteiger partial charge is 0.350 e. The van der Waals surface area contributed by atoms with E-state index in [0.717, 1.165) is 39.0 Å². The minimum absolute atomic E-state index is 0.375. The first-order chi connectivity index (χ1) is 15.6. The van der Waals surface area contributed by atoms with Gasteiger partial charge in [-0.05, 0) is 36.1 Å². The molecule has 162 valence electrons. The third-order valence-corrected chi connectivity index (χ3v) is 6.26. The van der Waals surface area contributed by atoms with Crippen LogP contribution in [0.1, 0.15) is 39.0 Å². The van der Waals surface area contributed by atoms with Gasteiger partial charge in [-0.2, -0.15) is 10.2 Å². The molecule has 4 aromatic rings. The Morgan fingerprint density at radius 3 is 2.62 bits per heavy atom. The van der Waals surface area contributed by atoms with E-state index in [-0.39, 0.29) is 5.97 Å². The fourth-order valence-corrected chi connectivity index (χ4v) is 4.66. The maximum Gasteiger partial charge on any atom is 0.350 e. The van der Waals surface area contributed by atoms with Gasteiger partial charge < -0.3 is 9.47 Å². The molecule has 2 aromatic carbocycles. The lowest BCUT2D eigenvalue weighted by atomic mass is 9.99. The molecule has 0 aliphatic carbocycles. The number of methoxy groups -OCH3 is 1. The van der Waals surface area contributed by atoms with Gasteiger partial charge in [0.2, 0.25) is 0 Å². The molecule has 6 nitrogen and oxygen atoms in total. The van der Waals surface area contributed by atoms with Crippen LogP contribution in [-0.4, -0.2) is 29.2 Å². The Morgan fingerprint density at radius 1 is 1.19 bits per heavy atom. The number of nitrogens with zero attached hydrogens (tertiary/aromatic N) is 3. The van der Waals surface area contributed by atoms with Crippen LogP contribution in [0.3, 0.4) is 0 Å². The van der Waals surface area contributed by atoms with Crippen LogP contribution in [0, 0.1) is 18.3 Å². The number of hydrogen-bond acceptors (Lipinski definition) is 6. The van der Waals surface area contributed by atoms with Gasteiger partial charge in [0, 0.05) is 4.88 Å². The molecule has 0 aliphatic heterocycles. The number of carbonyl (C=O) groups is 1. The predicted molar refractivity (Wildman–Crippen MR) is 125 cm³/mol. The van der Waals surface area contributed by atoms with Gasteiger partial charge in [0.25, 0.3) is 6.01 Å². The monoisotopic (exact) mass is 445 g/mol. The Labute approximate surface area is 190 Å². The lowest BCUT2D eigenvalue weighted by molar-refractivity contribution is 0.0608. The number of nitriles is 1. The van der Waals surface area contributed by atoms with Crippen LogP contribution in [0.2, 0.25) is 0 Å². The number of fused-ring (bicyclic) bond motifs is 1. The number of imidazole rings is 1. The number of rotatable bonds is 7. The van der Waals surface area contributed by atoms with Gasteiger partial charge in [0.05, 0.1) is 37.4 Å². The van der Waals surface area contributed by atoms with Crippen LogP contribution in [0.4, 0.5) is 0 Å². The van der Waals surface area contributed by atoms with Gasteiger partial charge in [0.1, 0.15) is 10.4 Å². The molecule has 0 saturated carbocycles. The molecule has 0 unspecified atom stereocenters. The van der Waals surface area contributed by atoms with Crippen LogP contribution in [0.25, 0.3) is 22.2 Å². The Kier molecular flexibility index (Phi) is 6.24. The fraction of sp³-hybridized carbons (Fsp3) is 0.240. The van der Waals surface area contributed by atoms with Gasteiger partial charge in [-0.25, -0.2) is 4.79 Å². The van der Waals surface area contributed by atoms with E-state index >= 15 is 0 Å². The maximum atomic E-state index is 12.4. The summed E-state index contributed by atoms with van der Waals surface area (Å²) in [7, 11) is 1.39. The lowest BCUT2D eigenvalue weighted by Crippen LogP contribution is -2.08. The van der Waals surface area contributed by atoms with E-state index < -0.39 is 0 Å². The lowest BCUT2D eigenvalue weighted by Gasteiger charge is -2.11. The van der Waals surface area contributed by atoms with Crippen molar-refractivity contribution in [2.75, 3.05) is 13.7 Å². The quantitative estimate of drug-likeness (QED) is 0.348. The first-order valence-corrected chi connectivity index (χ1v) is 11.2. The van der Waals surface area contributed by atoms with Crippen molar-refractivity contribution in [2.45, 2.75) is 26.8 Å². The van der Waals surface area contributed by atoms with Crippen molar-refractivity contribution in [1.82, 2.24) is 9.55 Å². The minimum atomic E-state index is -0.375. The highest BCUT2D eigenvalue weighted by atomic mass is 32.1. The number of esters is 1. The Morgan fingerprint density at radius 2 is 1.94 bits per heavy atom. The van der Waals surface area contributed by atoms with Crippen molar-refractivity contribution in [3.63, 3.8) is 0 Å². The fourth-order valence-electron chi connectivity index (χ4n) is 3.64. The summed E-state index contributed by atoms with van der Waals surface area (Å²) in [5.74, 6) is -0.375. The topological polar surface area (TPSA) is 77.1 Å². The molecule has 0 fully saturated rings. The molecule has 0 amide bonds. The van der Waals surface area contributed by atoms with E-state index in [1.807, 2.05) is 66.9 Å². The third-order valence-electron chi connectivity index (χ3n) is 5.20. The number of ether oxygens (including phenoxy) is 2. The molecule has 4 rings (SSSR count). The van der Waals surface area contributed by atoms with Crippen LogP contribution in [-0.2, 0) is 11.3 Å². The van der Waals surface area contributed by atoms with Crippen LogP contribution in [0.5, 0.6) is 6.01 Å². The van der Waals surface area contributed by atoms with Gasteiger partial charge in [-0.1, -0.05) is 49.4 Å². The highest BCUT2D eigenvalue weighted by Gasteiger charge is 2.24. The van der Waals surface area contributed by atoms with Crippen molar-refractivity contribution >= 4 is 28.3 Å². The van der Waals surface area contributed by atoms with Crippen molar-refractivity contribution in [1.29, 1.82) is 5.26 Å². The third kappa shape index (κ3) is 3.97. The van der Waals surface area contributed by atoms with Crippen molar-refractivity contribution in [2.24, 2.45) is 0 Å². The summed E-state index contributed by atoms with van der Waals surface area (Å²) in [6.45, 7) is 5.02. The summed E-state index contributed by atoms with van der Waals surface area (Å²) in [6.07, 6.45) is 0.857.